The lowest BCUT2D eigenvalue weighted by Gasteiger charge is -2.39. The van der Waals surface area contributed by atoms with Crippen molar-refractivity contribution in [2.75, 3.05) is 26.2 Å². The summed E-state index contributed by atoms with van der Waals surface area (Å²) < 4.78 is 11.1. The zero-order chi connectivity index (χ0) is 37.6. The summed E-state index contributed by atoms with van der Waals surface area (Å²) >= 11 is 0. The average molecular weight is 799 g/mol. The van der Waals surface area contributed by atoms with E-state index in [-0.39, 0.29) is 35.2 Å². The molecule has 2 fully saturated rings. The van der Waals surface area contributed by atoms with Crippen molar-refractivity contribution >= 4 is 76.3 Å². The maximum atomic E-state index is 12.2. The third-order valence-electron chi connectivity index (χ3n) is 10.2. The molecule has 4 aromatic rings. The molecule has 15 nitrogen and oxygen atoms in total. The quantitative estimate of drug-likeness (QED) is 0.161. The Morgan fingerprint density at radius 1 is 0.889 bits per heavy atom. The number of halogens is 1. The second-order valence-corrected chi connectivity index (χ2v) is 13.6. The number of nitrogens with one attached hydrogen (secondary N) is 3. The van der Waals surface area contributed by atoms with Gasteiger partial charge in [-0.25, -0.2) is 9.97 Å². The molecular weight excluding hydrogens is 758 g/mol. The number of carbonyl (C=O) groups is 2. The predicted molar refractivity (Wildman–Crippen MR) is 208 cm³/mol. The van der Waals surface area contributed by atoms with E-state index in [4.69, 9.17) is 24.9 Å². The summed E-state index contributed by atoms with van der Waals surface area (Å²) in [6.07, 6.45) is 8.54. The second kappa shape index (κ2) is 17.8. The molecule has 4 aliphatic rings. The van der Waals surface area contributed by atoms with E-state index in [1.807, 2.05) is 36.6 Å². The van der Waals surface area contributed by atoms with E-state index in [9.17, 15) is 19.6 Å². The number of likely N-dealkylation sites (tertiary alicyclic amines) is 1. The number of aliphatic carboxylic acids is 1. The van der Waals surface area contributed by atoms with Crippen LogP contribution in [0.3, 0.4) is 0 Å². The lowest BCUT2D eigenvalue weighted by atomic mass is 9.72. The van der Waals surface area contributed by atoms with Crippen molar-refractivity contribution in [1.82, 2.24) is 30.2 Å². The molecule has 0 saturated carbocycles. The van der Waals surface area contributed by atoms with Crippen LogP contribution in [0.15, 0.2) is 48.9 Å². The van der Waals surface area contributed by atoms with Crippen LogP contribution in [0.4, 0.5) is 0 Å². The van der Waals surface area contributed by atoms with E-state index in [2.05, 4.69) is 39.1 Å². The number of pyridine rings is 2. The molecule has 0 spiro atoms. The maximum absolute atomic E-state index is 12.2. The highest BCUT2D eigenvalue weighted by atomic mass is 79.9. The van der Waals surface area contributed by atoms with Crippen molar-refractivity contribution in [1.29, 1.82) is 10.5 Å². The first kappa shape index (κ1) is 40.1. The molecule has 18 heteroatoms. The molecule has 54 heavy (non-hydrogen) atoms. The molecule has 4 aliphatic heterocycles. The molecule has 6 N–H and O–H groups in total. The van der Waals surface area contributed by atoms with Crippen LogP contribution in [0, 0.1) is 46.3 Å². The third-order valence-corrected chi connectivity index (χ3v) is 10.2. The van der Waals surface area contributed by atoms with Crippen LogP contribution in [0.5, 0.6) is 11.5 Å². The molecule has 0 aromatic carbocycles. The Labute approximate surface area is 323 Å². The van der Waals surface area contributed by atoms with Gasteiger partial charge in [0.2, 0.25) is 5.91 Å². The molecule has 2 unspecified atom stereocenters. The Hall–Kier alpha value is -5.13. The van der Waals surface area contributed by atoms with Gasteiger partial charge in [-0.2, -0.15) is 10.5 Å². The van der Waals surface area contributed by atoms with E-state index >= 15 is 0 Å². The predicted octanol–water partition coefficient (Wildman–Crippen LogP) is 3.92. The van der Waals surface area contributed by atoms with E-state index in [1.54, 1.807) is 23.3 Å². The Kier molecular flexibility index (Phi) is 13.2. The smallest absolute Gasteiger partial charge is 0.531 e. The van der Waals surface area contributed by atoms with Crippen molar-refractivity contribution in [2.24, 2.45) is 23.7 Å². The van der Waals surface area contributed by atoms with Crippen LogP contribution in [0.2, 0.25) is 0 Å². The van der Waals surface area contributed by atoms with Crippen LogP contribution in [-0.4, -0.2) is 92.3 Å². The zero-order valence-corrected chi connectivity index (χ0v) is 31.6. The summed E-state index contributed by atoms with van der Waals surface area (Å²) in [5.41, 5.74) is 5.77. The minimum absolute atomic E-state index is 0. The molecule has 0 radical (unpaired) electrons. The Bertz CT molecular complexity index is 2140. The molecule has 2 saturated heterocycles. The molecule has 0 bridgehead atoms. The van der Waals surface area contributed by atoms with Crippen LogP contribution in [0.1, 0.15) is 50.7 Å². The lowest BCUT2D eigenvalue weighted by molar-refractivity contribution is -0.136. The zero-order valence-electron chi connectivity index (χ0n) is 29.9. The van der Waals surface area contributed by atoms with E-state index < -0.39 is 26.6 Å². The van der Waals surface area contributed by atoms with Crippen molar-refractivity contribution in [3.63, 3.8) is 0 Å². The highest BCUT2D eigenvalue weighted by Gasteiger charge is 2.37. The van der Waals surface area contributed by atoms with Gasteiger partial charge >= 0.3 is 20.2 Å². The first-order valence-electron chi connectivity index (χ1n) is 17.6. The van der Waals surface area contributed by atoms with Gasteiger partial charge in [-0.1, -0.05) is 13.8 Å². The summed E-state index contributed by atoms with van der Waals surface area (Å²) in [5.74, 6) is 4.96. The SMILES string of the molecule is Br.C[C@H]1CCN(C(=O)CC#N)CC1C1=CB(O)Oc2cnc3[nH]ccc3c21.C[C@H]1CCNCC1C1=CB(O)Oc2cnc3[nH]ccc3c21.N#CCC(=O)O. The monoisotopic (exact) mass is 798 g/mol. The lowest BCUT2D eigenvalue weighted by Crippen LogP contribution is -2.44. The normalized spacial score (nSPS) is 21.4. The van der Waals surface area contributed by atoms with Crippen molar-refractivity contribution < 1.29 is 34.1 Å². The van der Waals surface area contributed by atoms with Gasteiger partial charge in [0, 0.05) is 59.8 Å². The summed E-state index contributed by atoms with van der Waals surface area (Å²) in [6.45, 7) is 7.64. The van der Waals surface area contributed by atoms with E-state index in [1.165, 1.54) is 11.6 Å². The number of carboxylic acid groups (broad SMARTS) is 1. The number of rotatable bonds is 4. The summed E-state index contributed by atoms with van der Waals surface area (Å²) in [7, 11) is -1.92. The molecule has 0 aliphatic carbocycles. The Morgan fingerprint density at radius 2 is 1.43 bits per heavy atom. The van der Waals surface area contributed by atoms with Gasteiger partial charge in [-0.3, -0.25) is 9.59 Å². The third kappa shape index (κ3) is 8.63. The number of hydrogen-bond acceptors (Lipinski definition) is 11. The second-order valence-electron chi connectivity index (χ2n) is 13.6. The fourth-order valence-corrected chi connectivity index (χ4v) is 7.53. The summed E-state index contributed by atoms with van der Waals surface area (Å²) in [6, 6.07) is 7.37. The number of carbonyl (C=O) groups excluding carboxylic acids is 1. The maximum Gasteiger partial charge on any atom is 0.552 e. The topological polar surface area (TPSA) is 233 Å². The molecule has 280 valence electrons. The number of carboxylic acids is 1. The van der Waals surface area contributed by atoms with Gasteiger partial charge < -0.3 is 44.6 Å². The van der Waals surface area contributed by atoms with Gasteiger partial charge in [-0.05, 0) is 72.4 Å². The van der Waals surface area contributed by atoms with Gasteiger partial charge in [0.15, 0.2) is 0 Å². The standard InChI is InChI=1S/C18H19BN4O3.C15H18BN3O2.C3H3NO2.BrH/c1-11-4-7-23(16(24)2-5-20)10-14(11)13-8-19(25)26-15-9-22-18-12(17(13)15)3-6-21-18;1-9-2-4-17-7-12(9)11-6-16(20)21-13-8-19-15-10(14(11)13)3-5-18-15;4-2-1-3(5)6;/h3,6,8-9,11,14,25H,2,4,7,10H2,1H3,(H,21,22);3,5-6,8-9,12,17,20H,2,4,7H2,1H3,(H,18,19);1H2,(H,5,6);1H/t11-,14?;9-,12?;;/m00../s1. The number of nitriles is 2. The number of fused-ring (bicyclic) bond motifs is 6. The molecular formula is C36H41B2BrN8O7. The molecule has 1 amide bonds. The van der Waals surface area contributed by atoms with Gasteiger partial charge in [0.25, 0.3) is 0 Å². The van der Waals surface area contributed by atoms with Crippen molar-refractivity contribution in [2.45, 2.75) is 39.5 Å². The number of piperidine rings is 2. The van der Waals surface area contributed by atoms with Crippen LogP contribution < -0.4 is 14.6 Å². The molecule has 4 aromatic heterocycles. The summed E-state index contributed by atoms with van der Waals surface area (Å²) in [5, 5.41) is 49.8. The summed E-state index contributed by atoms with van der Waals surface area (Å²) in [4.78, 5) is 38.3. The fourth-order valence-electron chi connectivity index (χ4n) is 7.53. The number of aromatic nitrogens is 4. The highest BCUT2D eigenvalue weighted by Crippen LogP contribution is 2.44. The Balaban J connectivity index is 0.000000180. The minimum atomic E-state index is -1.07. The number of H-pyrrole nitrogens is 2. The number of aromatic amines is 2. The van der Waals surface area contributed by atoms with Crippen molar-refractivity contribution in [3.05, 3.63) is 60.0 Å². The first-order valence-corrected chi connectivity index (χ1v) is 17.6. The van der Waals surface area contributed by atoms with E-state index in [0.29, 0.717) is 42.3 Å². The van der Waals surface area contributed by atoms with Crippen LogP contribution in [0.25, 0.3) is 33.2 Å². The Morgan fingerprint density at radius 3 is 1.93 bits per heavy atom. The molecule has 8 rings (SSSR count). The molecule has 8 heterocycles. The van der Waals surface area contributed by atoms with E-state index in [0.717, 1.165) is 64.7 Å². The number of hydrogen-bond donors (Lipinski definition) is 6. The van der Waals surface area contributed by atoms with Crippen molar-refractivity contribution in [3.8, 4) is 23.6 Å². The highest BCUT2D eigenvalue weighted by molar-refractivity contribution is 8.93. The van der Waals surface area contributed by atoms with Gasteiger partial charge in [0.1, 0.15) is 35.6 Å². The average Bonchev–Trinajstić information content (AvgIpc) is 3.82. The van der Waals surface area contributed by atoms with Crippen LogP contribution in [-0.2, 0) is 9.59 Å². The van der Waals surface area contributed by atoms with Crippen LogP contribution >= 0.6 is 17.0 Å². The number of amides is 1. The van der Waals surface area contributed by atoms with Gasteiger partial charge in [-0.15, -0.1) is 17.0 Å². The minimum Gasteiger partial charge on any atom is -0.531 e. The van der Waals surface area contributed by atoms with Gasteiger partial charge in [0.05, 0.1) is 24.5 Å². The first-order chi connectivity index (χ1) is 25.6. The number of nitrogens with zero attached hydrogens (tertiary/aromatic N) is 5. The molecule has 4 atom stereocenters. The fraction of sp³-hybridized carbons (Fsp3) is 0.389. The largest absolute Gasteiger partial charge is 0.552 e.